The molecule has 0 saturated carbocycles. The molecule has 0 spiro atoms. The Bertz CT molecular complexity index is 129. The first kappa shape index (κ1) is 12.3. The Hall–Kier alpha value is 1.26. The van der Waals surface area contributed by atoms with Crippen molar-refractivity contribution in [2.75, 3.05) is 0 Å². The van der Waals surface area contributed by atoms with Gasteiger partial charge in [0.25, 0.3) is 0 Å². The molecule has 0 aromatic carbocycles. The van der Waals surface area contributed by atoms with Crippen LogP contribution in [0.15, 0.2) is 0 Å². The molecule has 0 aliphatic heterocycles. The van der Waals surface area contributed by atoms with Gasteiger partial charge in [0, 0.05) is 0 Å². The van der Waals surface area contributed by atoms with Crippen molar-refractivity contribution in [3.05, 3.63) is 0 Å². The van der Waals surface area contributed by atoms with E-state index < -0.39 is 20.8 Å². The van der Waals surface area contributed by atoms with Gasteiger partial charge in [-0.1, -0.05) is 34.8 Å². The molecule has 0 rings (SSSR count). The predicted molar refractivity (Wildman–Crippen MR) is 57.7 cm³/mol. The van der Waals surface area contributed by atoms with Crippen LogP contribution in [0.3, 0.4) is 0 Å². The lowest BCUT2D eigenvalue weighted by Gasteiger charge is -2.27. The van der Waals surface area contributed by atoms with E-state index in [1.807, 2.05) is 6.55 Å². The Morgan fingerprint density at radius 3 is 1.64 bits per heavy atom. The minimum Gasteiger partial charge on any atom is -0.455 e. The number of halogens is 3. The maximum absolute atomic E-state index is 5.68. The van der Waals surface area contributed by atoms with Gasteiger partial charge in [0.2, 0.25) is 9.04 Å². The third-order valence-corrected chi connectivity index (χ3v) is 8.92. The second kappa shape index (κ2) is 3.98. The number of rotatable bonds is 2. The van der Waals surface area contributed by atoms with Gasteiger partial charge >= 0.3 is 0 Å². The first-order valence-corrected chi connectivity index (χ1v) is 10.1. The van der Waals surface area contributed by atoms with E-state index in [9.17, 15) is 0 Å². The summed E-state index contributed by atoms with van der Waals surface area (Å²) in [5.74, 6) is 0. The normalized spacial score (nSPS) is 16.6. The fourth-order valence-corrected chi connectivity index (χ4v) is 6.58. The first-order valence-electron chi connectivity index (χ1n) is 3.37. The number of alkyl halides is 3. The molecule has 0 fully saturated rings. The summed E-state index contributed by atoms with van der Waals surface area (Å²) < 4.78 is 4.52. The summed E-state index contributed by atoms with van der Waals surface area (Å²) in [6, 6.07) is 0. The zero-order chi connectivity index (χ0) is 9.28. The van der Waals surface area contributed by atoms with Gasteiger partial charge in [0.05, 0.1) is 0 Å². The molecule has 0 bridgehead atoms. The third kappa shape index (κ3) is 6.43. The van der Waals surface area contributed by atoms with E-state index in [0.717, 1.165) is 0 Å². The van der Waals surface area contributed by atoms with Crippen molar-refractivity contribution in [2.45, 2.75) is 29.6 Å². The molecule has 1 atom stereocenters. The average molecular weight is 252 g/mol. The smallest absolute Gasteiger partial charge is 0.218 e. The van der Waals surface area contributed by atoms with Crippen LogP contribution in [0.1, 0.15) is 0 Å². The maximum atomic E-state index is 5.68. The lowest BCUT2D eigenvalue weighted by Crippen LogP contribution is -2.40. The van der Waals surface area contributed by atoms with Crippen LogP contribution < -0.4 is 0 Å². The zero-order valence-corrected chi connectivity index (χ0v) is 11.5. The Kier molecular flexibility index (Phi) is 4.44. The van der Waals surface area contributed by atoms with E-state index >= 15 is 0 Å². The van der Waals surface area contributed by atoms with Crippen molar-refractivity contribution >= 4 is 52.2 Å². The molecule has 0 aliphatic carbocycles. The van der Waals surface area contributed by atoms with Gasteiger partial charge in [-0.05, 0) is 26.2 Å². The van der Waals surface area contributed by atoms with Gasteiger partial charge < -0.3 is 4.12 Å². The molecule has 0 heterocycles. The molecule has 0 aliphatic rings. The highest BCUT2D eigenvalue weighted by molar-refractivity contribution is 6.95. The van der Waals surface area contributed by atoms with Crippen LogP contribution in [0.5, 0.6) is 0 Å². The van der Waals surface area contributed by atoms with Gasteiger partial charge in [-0.3, -0.25) is 0 Å². The van der Waals surface area contributed by atoms with E-state index in [1.165, 1.54) is 0 Å². The van der Waals surface area contributed by atoms with E-state index in [-0.39, 0.29) is 0 Å². The molecule has 0 aromatic rings. The van der Waals surface area contributed by atoms with Gasteiger partial charge in [-0.15, -0.1) is 0 Å². The molecule has 68 valence electrons. The lowest BCUT2D eigenvalue weighted by molar-refractivity contribution is 0.575. The molecule has 0 saturated heterocycles. The van der Waals surface area contributed by atoms with Crippen LogP contribution in [-0.4, -0.2) is 20.8 Å². The van der Waals surface area contributed by atoms with Crippen LogP contribution in [0, 0.1) is 0 Å². The Labute approximate surface area is 85.8 Å². The minimum absolute atomic E-state index is 1.17. The maximum Gasteiger partial charge on any atom is 0.218 e. The molecular weight excluding hydrogens is 239 g/mol. The Balaban J connectivity index is 3.99. The molecule has 0 radical (unpaired) electrons. The van der Waals surface area contributed by atoms with Crippen molar-refractivity contribution in [2.24, 2.45) is 0 Å². The SMILES string of the molecule is C[SiH](O[Si](C)(C)C)C(Cl)(Cl)Cl. The summed E-state index contributed by atoms with van der Waals surface area (Å²) in [4.78, 5) is 0. The molecule has 0 aromatic heterocycles. The van der Waals surface area contributed by atoms with Crippen molar-refractivity contribution in [1.29, 1.82) is 0 Å². The Morgan fingerprint density at radius 1 is 1.18 bits per heavy atom. The van der Waals surface area contributed by atoms with Crippen LogP contribution in [-0.2, 0) is 4.12 Å². The second-order valence-corrected chi connectivity index (χ2v) is 14.2. The van der Waals surface area contributed by atoms with Crippen LogP contribution in [0.4, 0.5) is 0 Å². The topological polar surface area (TPSA) is 9.23 Å². The van der Waals surface area contributed by atoms with E-state index in [0.29, 0.717) is 0 Å². The van der Waals surface area contributed by atoms with E-state index in [1.54, 1.807) is 0 Å². The lowest BCUT2D eigenvalue weighted by atomic mass is 11.8. The van der Waals surface area contributed by atoms with E-state index in [2.05, 4.69) is 19.6 Å². The van der Waals surface area contributed by atoms with Crippen LogP contribution in [0.2, 0.25) is 26.2 Å². The fraction of sp³-hybridized carbons (Fsp3) is 1.00. The molecular formula is C5H13Cl3OSi2. The molecule has 0 N–H and O–H groups in total. The summed E-state index contributed by atoms with van der Waals surface area (Å²) in [5, 5.41) is 0. The Morgan fingerprint density at radius 2 is 1.55 bits per heavy atom. The van der Waals surface area contributed by atoms with Crippen molar-refractivity contribution in [3.8, 4) is 0 Å². The van der Waals surface area contributed by atoms with Gasteiger partial charge in [-0.2, -0.15) is 0 Å². The number of hydrogen-bond donors (Lipinski definition) is 0. The van der Waals surface area contributed by atoms with Gasteiger partial charge in [-0.25, -0.2) is 0 Å². The fourth-order valence-electron chi connectivity index (χ4n) is 0.597. The highest BCUT2D eigenvalue weighted by atomic mass is 35.6. The van der Waals surface area contributed by atoms with E-state index in [4.69, 9.17) is 38.9 Å². The molecule has 11 heavy (non-hydrogen) atoms. The second-order valence-electron chi connectivity index (χ2n) is 3.41. The predicted octanol–water partition coefficient (Wildman–Crippen LogP) is 3.10. The number of hydrogen-bond acceptors (Lipinski definition) is 1. The first-order chi connectivity index (χ1) is 4.63. The summed E-state index contributed by atoms with van der Waals surface area (Å²) in [6.07, 6.45) is 0. The summed E-state index contributed by atoms with van der Waals surface area (Å²) >= 11 is 17.0. The van der Waals surface area contributed by atoms with Crippen molar-refractivity contribution in [3.63, 3.8) is 0 Å². The minimum atomic E-state index is -1.66. The summed E-state index contributed by atoms with van der Waals surface area (Å²) in [7, 11) is -3.18. The molecule has 1 unspecified atom stereocenters. The molecule has 0 amide bonds. The van der Waals surface area contributed by atoms with Crippen LogP contribution in [0.25, 0.3) is 0 Å². The molecule has 6 heteroatoms. The molecule has 1 nitrogen and oxygen atoms in total. The van der Waals surface area contributed by atoms with Crippen molar-refractivity contribution < 1.29 is 4.12 Å². The average Bonchev–Trinajstić information content (AvgIpc) is 1.56. The summed E-state index contributed by atoms with van der Waals surface area (Å²) in [5.41, 5.74) is 0. The van der Waals surface area contributed by atoms with Crippen molar-refractivity contribution in [1.82, 2.24) is 0 Å². The van der Waals surface area contributed by atoms with Gasteiger partial charge in [0.1, 0.15) is 0 Å². The zero-order valence-electron chi connectivity index (χ0n) is 7.12. The third-order valence-electron chi connectivity index (χ3n) is 0.991. The highest BCUT2D eigenvalue weighted by Crippen LogP contribution is 2.30. The van der Waals surface area contributed by atoms with Crippen LogP contribution >= 0.6 is 34.8 Å². The standard InChI is InChI=1S/C5H13Cl3OSi2/c1-10(5(6,7)8)9-11(2,3)4/h10H,1-4H3. The summed E-state index contributed by atoms with van der Waals surface area (Å²) in [6.45, 7) is 8.18. The monoisotopic (exact) mass is 250 g/mol. The highest BCUT2D eigenvalue weighted by Gasteiger charge is 2.34. The van der Waals surface area contributed by atoms with Gasteiger partial charge in [0.15, 0.2) is 11.7 Å². The largest absolute Gasteiger partial charge is 0.455 e. The quantitative estimate of drug-likeness (QED) is 0.541.